The number of thiocarbonyl (C=S) groups is 1. The lowest BCUT2D eigenvalue weighted by Gasteiger charge is -2.23. The van der Waals surface area contributed by atoms with E-state index in [0.717, 1.165) is 5.56 Å². The van der Waals surface area contributed by atoms with Gasteiger partial charge in [0.2, 0.25) is 0 Å². The summed E-state index contributed by atoms with van der Waals surface area (Å²) in [7, 11) is 0. The van der Waals surface area contributed by atoms with Crippen molar-refractivity contribution in [3.8, 4) is 5.75 Å². The number of guanidine groups is 1. The minimum absolute atomic E-state index is 0.0267. The number of phenols is 1. The predicted molar refractivity (Wildman–Crippen MR) is 66.3 cm³/mol. The van der Waals surface area contributed by atoms with E-state index < -0.39 is 0 Å². The van der Waals surface area contributed by atoms with E-state index >= 15 is 0 Å². The molecule has 1 aromatic rings. The number of aromatic hydroxyl groups is 1. The van der Waals surface area contributed by atoms with Gasteiger partial charge < -0.3 is 21.5 Å². The Bertz CT molecular complexity index is 477. The van der Waals surface area contributed by atoms with Crippen LogP contribution >= 0.6 is 23.8 Å². The molecule has 0 saturated heterocycles. The zero-order valence-electron chi connectivity index (χ0n) is 8.07. The third-order valence-electron chi connectivity index (χ3n) is 2.07. The Morgan fingerprint density at radius 3 is 2.88 bits per heavy atom. The van der Waals surface area contributed by atoms with Crippen LogP contribution in [0.2, 0.25) is 5.02 Å². The van der Waals surface area contributed by atoms with Crippen molar-refractivity contribution >= 4 is 34.9 Å². The summed E-state index contributed by atoms with van der Waals surface area (Å²) in [5.41, 5.74) is 6.32. The Kier molecular flexibility index (Phi) is 2.84. The third kappa shape index (κ3) is 2.17. The van der Waals surface area contributed by atoms with Crippen molar-refractivity contribution in [3.63, 3.8) is 0 Å². The molecule has 1 aliphatic rings. The van der Waals surface area contributed by atoms with Crippen LogP contribution < -0.4 is 16.4 Å². The normalized spacial score (nSPS) is 19.7. The summed E-state index contributed by atoms with van der Waals surface area (Å²) >= 11 is 10.8. The van der Waals surface area contributed by atoms with Crippen molar-refractivity contribution in [2.75, 3.05) is 0 Å². The molecule has 0 amide bonds. The second-order valence-electron chi connectivity index (χ2n) is 3.23. The van der Waals surface area contributed by atoms with E-state index in [4.69, 9.17) is 29.6 Å². The highest BCUT2D eigenvalue weighted by Crippen LogP contribution is 2.27. The Morgan fingerprint density at radius 1 is 1.50 bits per heavy atom. The van der Waals surface area contributed by atoms with E-state index in [1.807, 2.05) is 0 Å². The van der Waals surface area contributed by atoms with Crippen molar-refractivity contribution in [1.82, 2.24) is 10.6 Å². The molecule has 0 spiro atoms. The quantitative estimate of drug-likeness (QED) is 0.560. The molecule has 1 atom stereocenters. The van der Waals surface area contributed by atoms with Gasteiger partial charge >= 0.3 is 0 Å². The van der Waals surface area contributed by atoms with Crippen LogP contribution in [0.1, 0.15) is 11.7 Å². The van der Waals surface area contributed by atoms with E-state index in [1.165, 1.54) is 6.07 Å². The Hall–Kier alpha value is -1.53. The van der Waals surface area contributed by atoms with Gasteiger partial charge in [0.1, 0.15) is 11.9 Å². The first-order valence-electron chi connectivity index (χ1n) is 4.45. The Balaban J connectivity index is 2.33. The SMILES string of the molecule is NC1=NC(c2ccc(O)c(Cl)c2)NC(=S)N1. The summed E-state index contributed by atoms with van der Waals surface area (Å²) in [4.78, 5) is 4.12. The molecule has 0 aromatic heterocycles. The molecule has 5 nitrogen and oxygen atoms in total. The molecule has 7 heteroatoms. The van der Waals surface area contributed by atoms with E-state index in [1.54, 1.807) is 12.1 Å². The average molecular weight is 257 g/mol. The largest absolute Gasteiger partial charge is 0.506 e. The minimum atomic E-state index is -0.383. The lowest BCUT2D eigenvalue weighted by atomic mass is 10.1. The van der Waals surface area contributed by atoms with Crippen molar-refractivity contribution in [3.05, 3.63) is 28.8 Å². The minimum Gasteiger partial charge on any atom is -0.506 e. The van der Waals surface area contributed by atoms with Crippen LogP contribution in [-0.4, -0.2) is 16.2 Å². The van der Waals surface area contributed by atoms with E-state index in [9.17, 15) is 5.11 Å². The highest BCUT2D eigenvalue weighted by Gasteiger charge is 2.17. The van der Waals surface area contributed by atoms with Gasteiger partial charge in [-0.3, -0.25) is 0 Å². The van der Waals surface area contributed by atoms with Crippen LogP contribution in [0.4, 0.5) is 0 Å². The number of halogens is 1. The lowest BCUT2D eigenvalue weighted by molar-refractivity contribution is 0.475. The maximum atomic E-state index is 9.30. The van der Waals surface area contributed by atoms with Crippen LogP contribution in [-0.2, 0) is 0 Å². The molecule has 1 aliphatic heterocycles. The fraction of sp³-hybridized carbons (Fsp3) is 0.111. The number of hydrogen-bond donors (Lipinski definition) is 4. The lowest BCUT2D eigenvalue weighted by Crippen LogP contribution is -2.49. The van der Waals surface area contributed by atoms with Crippen LogP contribution in [0, 0.1) is 0 Å². The first kappa shape index (κ1) is 11.0. The number of benzene rings is 1. The van der Waals surface area contributed by atoms with Crippen LogP contribution in [0.25, 0.3) is 0 Å². The van der Waals surface area contributed by atoms with Gasteiger partial charge in [0.05, 0.1) is 5.02 Å². The molecule has 0 bridgehead atoms. The molecule has 0 fully saturated rings. The molecule has 1 unspecified atom stereocenters. The summed E-state index contributed by atoms with van der Waals surface area (Å²) in [5, 5.41) is 15.6. The smallest absolute Gasteiger partial charge is 0.197 e. The number of nitrogens with zero attached hydrogens (tertiary/aromatic N) is 1. The van der Waals surface area contributed by atoms with Crippen molar-refractivity contribution in [2.45, 2.75) is 6.17 Å². The van der Waals surface area contributed by atoms with Gasteiger partial charge in [-0.2, -0.15) is 0 Å². The summed E-state index contributed by atoms with van der Waals surface area (Å²) in [6.45, 7) is 0. The predicted octanol–water partition coefficient (Wildman–Crippen LogP) is 0.837. The number of rotatable bonds is 1. The number of nitrogens with two attached hydrogens (primary N) is 1. The fourth-order valence-electron chi connectivity index (χ4n) is 1.33. The van der Waals surface area contributed by atoms with Crippen LogP contribution in [0.5, 0.6) is 5.75 Å². The average Bonchev–Trinajstić information content (AvgIpc) is 2.20. The maximum absolute atomic E-state index is 9.30. The monoisotopic (exact) mass is 256 g/mol. The third-order valence-corrected chi connectivity index (χ3v) is 2.59. The Labute approximate surface area is 102 Å². The first-order valence-corrected chi connectivity index (χ1v) is 5.24. The number of aliphatic imine (C=N–C) groups is 1. The number of phenolic OH excluding ortho intramolecular Hbond substituents is 1. The summed E-state index contributed by atoms with van der Waals surface area (Å²) in [5.74, 6) is 0.275. The first-order chi connectivity index (χ1) is 7.56. The van der Waals surface area contributed by atoms with Crippen LogP contribution in [0.15, 0.2) is 23.2 Å². The van der Waals surface area contributed by atoms with E-state index in [0.29, 0.717) is 5.11 Å². The van der Waals surface area contributed by atoms with Crippen LogP contribution in [0.3, 0.4) is 0 Å². The molecule has 0 aliphatic carbocycles. The van der Waals surface area contributed by atoms with E-state index in [2.05, 4.69) is 15.6 Å². The van der Waals surface area contributed by atoms with Gasteiger partial charge in [0.25, 0.3) is 0 Å². The van der Waals surface area contributed by atoms with Gasteiger partial charge in [0, 0.05) is 0 Å². The molecule has 0 saturated carbocycles. The van der Waals surface area contributed by atoms with Gasteiger partial charge in [-0.05, 0) is 29.9 Å². The van der Waals surface area contributed by atoms with Crippen molar-refractivity contribution < 1.29 is 5.11 Å². The summed E-state index contributed by atoms with van der Waals surface area (Å²) < 4.78 is 0. The second-order valence-corrected chi connectivity index (χ2v) is 4.04. The Morgan fingerprint density at radius 2 is 2.25 bits per heavy atom. The topological polar surface area (TPSA) is 82.7 Å². The van der Waals surface area contributed by atoms with E-state index in [-0.39, 0.29) is 22.9 Å². The highest BCUT2D eigenvalue weighted by atomic mass is 35.5. The zero-order chi connectivity index (χ0) is 11.7. The molecule has 5 N–H and O–H groups in total. The van der Waals surface area contributed by atoms with Gasteiger partial charge in [-0.25, -0.2) is 4.99 Å². The molecule has 1 aromatic carbocycles. The molecule has 2 rings (SSSR count). The zero-order valence-corrected chi connectivity index (χ0v) is 9.64. The number of nitrogens with one attached hydrogen (secondary N) is 2. The summed E-state index contributed by atoms with van der Waals surface area (Å²) in [6, 6.07) is 4.80. The maximum Gasteiger partial charge on any atom is 0.197 e. The molecule has 0 radical (unpaired) electrons. The van der Waals surface area contributed by atoms with Crippen molar-refractivity contribution in [2.24, 2.45) is 10.7 Å². The molecule has 84 valence electrons. The molecule has 16 heavy (non-hydrogen) atoms. The number of hydrogen-bond acceptors (Lipinski definition) is 4. The molecular weight excluding hydrogens is 248 g/mol. The van der Waals surface area contributed by atoms with Gasteiger partial charge in [-0.15, -0.1) is 0 Å². The molecular formula is C9H9ClN4OS. The molecule has 1 heterocycles. The fourth-order valence-corrected chi connectivity index (χ4v) is 1.74. The second kappa shape index (κ2) is 4.15. The highest BCUT2D eigenvalue weighted by molar-refractivity contribution is 7.80. The van der Waals surface area contributed by atoms with Gasteiger partial charge in [-0.1, -0.05) is 17.7 Å². The standard InChI is InChI=1S/C9H9ClN4OS/c10-5-3-4(1-2-6(5)15)7-12-8(11)14-9(16)13-7/h1-3,7,15H,(H4,11,12,13,14,16). The van der Waals surface area contributed by atoms with Gasteiger partial charge in [0.15, 0.2) is 11.1 Å². The summed E-state index contributed by atoms with van der Waals surface area (Å²) in [6.07, 6.45) is -0.383. The van der Waals surface area contributed by atoms with Crippen molar-refractivity contribution in [1.29, 1.82) is 0 Å².